The molecule has 0 fully saturated rings. The Morgan fingerprint density at radius 1 is 0.411 bits per heavy atom. The average Bonchev–Trinajstić information content (AvgIpc) is 3.79. The van der Waals surface area contributed by atoms with E-state index in [1.165, 1.54) is 88.8 Å². The minimum absolute atomic E-state index is 0.0650. The minimum Gasteiger partial charge on any atom is -0.310 e. The molecule has 11 rings (SSSR count). The average molecular weight is 719 g/mol. The van der Waals surface area contributed by atoms with Crippen molar-refractivity contribution in [1.29, 1.82) is 0 Å². The van der Waals surface area contributed by atoms with Crippen LogP contribution in [0, 0.1) is 0 Å². The molecule has 2 heteroatoms. The van der Waals surface area contributed by atoms with Gasteiger partial charge in [0.15, 0.2) is 0 Å². The van der Waals surface area contributed by atoms with Gasteiger partial charge < -0.3 is 9.47 Å². The van der Waals surface area contributed by atoms with Crippen LogP contribution in [0.15, 0.2) is 182 Å². The molecule has 2 aliphatic rings. The number of para-hydroxylation sites is 2. The van der Waals surface area contributed by atoms with Crippen LogP contribution < -0.4 is 4.90 Å². The smallest absolute Gasteiger partial charge is 0.0547 e. The van der Waals surface area contributed by atoms with Gasteiger partial charge in [0.1, 0.15) is 0 Å². The van der Waals surface area contributed by atoms with Gasteiger partial charge in [-0.25, -0.2) is 0 Å². The van der Waals surface area contributed by atoms with Gasteiger partial charge in [0.2, 0.25) is 0 Å². The fourth-order valence-corrected chi connectivity index (χ4v) is 10.2. The summed E-state index contributed by atoms with van der Waals surface area (Å²) in [6.07, 6.45) is 0. The van der Waals surface area contributed by atoms with Crippen LogP contribution >= 0.6 is 0 Å². The summed E-state index contributed by atoms with van der Waals surface area (Å²) in [5.41, 5.74) is 20.1. The first kappa shape index (κ1) is 32.8. The first-order valence-corrected chi connectivity index (χ1v) is 19.8. The SMILES string of the molecule is CC1(C)c2ccccc2-c2cc(N(c3cccc(-c4cccc5c4c4ccccc4n5-c4ccccc4)c3)c3cccc4c3C(C)(C)c3ccccc3-4)ccc21. The van der Waals surface area contributed by atoms with E-state index in [4.69, 9.17) is 0 Å². The Hall–Kier alpha value is -6.64. The highest BCUT2D eigenvalue weighted by atomic mass is 15.1. The van der Waals surface area contributed by atoms with Crippen LogP contribution in [0.25, 0.3) is 60.9 Å². The molecule has 0 radical (unpaired) electrons. The number of nitrogens with zero attached hydrogens (tertiary/aromatic N) is 2. The molecule has 268 valence electrons. The molecular weight excluding hydrogens is 677 g/mol. The lowest BCUT2D eigenvalue weighted by Gasteiger charge is -2.33. The van der Waals surface area contributed by atoms with Gasteiger partial charge in [0.25, 0.3) is 0 Å². The monoisotopic (exact) mass is 718 g/mol. The van der Waals surface area contributed by atoms with Gasteiger partial charge in [0.05, 0.1) is 16.7 Å². The molecule has 0 bridgehead atoms. The number of anilines is 3. The minimum atomic E-state index is -0.186. The Bertz CT molecular complexity index is 3030. The zero-order valence-corrected chi connectivity index (χ0v) is 32.2. The van der Waals surface area contributed by atoms with Gasteiger partial charge >= 0.3 is 0 Å². The number of fused-ring (bicyclic) bond motifs is 9. The molecule has 0 N–H and O–H groups in total. The maximum Gasteiger partial charge on any atom is 0.0547 e. The predicted molar refractivity (Wildman–Crippen MR) is 236 cm³/mol. The molecule has 8 aromatic carbocycles. The number of rotatable bonds is 5. The Kier molecular flexibility index (Phi) is 6.98. The van der Waals surface area contributed by atoms with Crippen LogP contribution in [0.2, 0.25) is 0 Å². The van der Waals surface area contributed by atoms with E-state index in [2.05, 4.69) is 219 Å². The van der Waals surface area contributed by atoms with Crippen molar-refractivity contribution in [1.82, 2.24) is 4.57 Å². The lowest BCUT2D eigenvalue weighted by Crippen LogP contribution is -2.21. The van der Waals surface area contributed by atoms with Crippen LogP contribution in [0.4, 0.5) is 17.1 Å². The van der Waals surface area contributed by atoms with E-state index in [-0.39, 0.29) is 10.8 Å². The predicted octanol–water partition coefficient (Wildman–Crippen LogP) is 14.5. The molecule has 0 saturated heterocycles. The van der Waals surface area contributed by atoms with Crippen molar-refractivity contribution in [3.05, 3.63) is 204 Å². The second-order valence-electron chi connectivity index (χ2n) is 16.5. The highest BCUT2D eigenvalue weighted by molar-refractivity contribution is 6.16. The molecular formula is C54H42N2. The Balaban J connectivity index is 1.16. The van der Waals surface area contributed by atoms with Gasteiger partial charge in [-0.2, -0.15) is 0 Å². The third kappa shape index (κ3) is 4.56. The van der Waals surface area contributed by atoms with Crippen LogP contribution in [0.5, 0.6) is 0 Å². The fourth-order valence-electron chi connectivity index (χ4n) is 10.2. The molecule has 0 spiro atoms. The second kappa shape index (κ2) is 11.9. The summed E-state index contributed by atoms with van der Waals surface area (Å²) in [7, 11) is 0. The van der Waals surface area contributed by atoms with Crippen molar-refractivity contribution < 1.29 is 0 Å². The van der Waals surface area contributed by atoms with Gasteiger partial charge in [-0.15, -0.1) is 0 Å². The Morgan fingerprint density at radius 3 is 1.82 bits per heavy atom. The van der Waals surface area contributed by atoms with E-state index in [1.807, 2.05) is 0 Å². The summed E-state index contributed by atoms with van der Waals surface area (Å²) in [5, 5.41) is 2.52. The van der Waals surface area contributed by atoms with Crippen molar-refractivity contribution in [2.45, 2.75) is 38.5 Å². The number of benzene rings is 8. The molecule has 0 unspecified atom stereocenters. The molecule has 0 atom stereocenters. The Labute approximate surface area is 328 Å². The largest absolute Gasteiger partial charge is 0.310 e. The van der Waals surface area contributed by atoms with Gasteiger partial charge in [-0.3, -0.25) is 0 Å². The van der Waals surface area contributed by atoms with E-state index >= 15 is 0 Å². The molecule has 2 nitrogen and oxygen atoms in total. The maximum atomic E-state index is 2.53. The van der Waals surface area contributed by atoms with E-state index < -0.39 is 0 Å². The first-order chi connectivity index (χ1) is 27.3. The van der Waals surface area contributed by atoms with Gasteiger partial charge in [-0.05, 0) is 110 Å². The lowest BCUT2D eigenvalue weighted by molar-refractivity contribution is 0.660. The Morgan fingerprint density at radius 2 is 1.00 bits per heavy atom. The van der Waals surface area contributed by atoms with Gasteiger partial charge in [-0.1, -0.05) is 155 Å². The van der Waals surface area contributed by atoms with Crippen molar-refractivity contribution in [3.8, 4) is 39.1 Å². The van der Waals surface area contributed by atoms with Crippen molar-refractivity contribution in [2.24, 2.45) is 0 Å². The van der Waals surface area contributed by atoms with Crippen molar-refractivity contribution in [2.75, 3.05) is 4.90 Å². The number of hydrogen-bond donors (Lipinski definition) is 0. The first-order valence-electron chi connectivity index (χ1n) is 19.8. The van der Waals surface area contributed by atoms with Crippen LogP contribution in [0.1, 0.15) is 49.9 Å². The molecule has 9 aromatic rings. The summed E-state index contributed by atoms with van der Waals surface area (Å²) >= 11 is 0. The normalized spacial score (nSPS) is 14.4. The zero-order chi connectivity index (χ0) is 37.8. The molecule has 0 aliphatic heterocycles. The van der Waals surface area contributed by atoms with E-state index in [0.29, 0.717) is 0 Å². The summed E-state index contributed by atoms with van der Waals surface area (Å²) in [5.74, 6) is 0. The van der Waals surface area contributed by atoms with E-state index in [0.717, 1.165) is 11.4 Å². The molecule has 1 heterocycles. The maximum absolute atomic E-state index is 2.53. The third-order valence-corrected chi connectivity index (χ3v) is 12.8. The second-order valence-corrected chi connectivity index (χ2v) is 16.5. The molecule has 56 heavy (non-hydrogen) atoms. The van der Waals surface area contributed by atoms with Crippen molar-refractivity contribution in [3.63, 3.8) is 0 Å². The molecule has 0 saturated carbocycles. The summed E-state index contributed by atoms with van der Waals surface area (Å²) < 4.78 is 2.40. The standard InChI is InChI=1S/C54H42N2/c1-53(2)45-26-11-9-22-41(45)44-34-38(31-32-47(44)53)55(50-30-16-25-42-40-21-8-12-27-46(40)54(3,4)52(42)50)37-20-14-17-35(33-37)39-24-15-29-49-51(39)43-23-10-13-28-48(43)56(49)36-18-6-5-7-19-36/h5-34H,1-4H3. The van der Waals surface area contributed by atoms with Crippen molar-refractivity contribution >= 4 is 38.9 Å². The lowest BCUT2D eigenvalue weighted by atomic mass is 9.81. The fraction of sp³-hybridized carbons (Fsp3) is 0.111. The van der Waals surface area contributed by atoms with Gasteiger partial charge in [0, 0.05) is 38.7 Å². The molecule has 0 amide bonds. The highest BCUT2D eigenvalue weighted by Gasteiger charge is 2.40. The molecule has 2 aliphatic carbocycles. The third-order valence-electron chi connectivity index (χ3n) is 12.8. The number of hydrogen-bond acceptors (Lipinski definition) is 1. The number of aromatic nitrogens is 1. The zero-order valence-electron chi connectivity index (χ0n) is 32.2. The van der Waals surface area contributed by atoms with Crippen LogP contribution in [0.3, 0.4) is 0 Å². The summed E-state index contributed by atoms with van der Waals surface area (Å²) in [6, 6.07) is 67.5. The van der Waals surface area contributed by atoms with E-state index in [1.54, 1.807) is 0 Å². The topological polar surface area (TPSA) is 8.17 Å². The van der Waals surface area contributed by atoms with Crippen LogP contribution in [-0.4, -0.2) is 4.57 Å². The summed E-state index contributed by atoms with van der Waals surface area (Å²) in [4.78, 5) is 2.53. The highest BCUT2D eigenvalue weighted by Crippen LogP contribution is 2.56. The summed E-state index contributed by atoms with van der Waals surface area (Å²) in [6.45, 7) is 9.50. The van der Waals surface area contributed by atoms with E-state index in [9.17, 15) is 0 Å². The van der Waals surface area contributed by atoms with Crippen LogP contribution in [-0.2, 0) is 10.8 Å². The molecule has 1 aromatic heterocycles. The quantitative estimate of drug-likeness (QED) is 0.172.